The summed E-state index contributed by atoms with van der Waals surface area (Å²) in [5.74, 6) is -0.706. The summed E-state index contributed by atoms with van der Waals surface area (Å²) in [4.78, 5) is 14.2. The Morgan fingerprint density at radius 3 is 3.00 bits per heavy atom. The number of fused-ring (bicyclic) bond motifs is 3. The van der Waals surface area contributed by atoms with E-state index in [0.717, 1.165) is 22.9 Å². The Morgan fingerprint density at radius 1 is 1.41 bits per heavy atom. The molecular weight excluding hydrogens is 220 g/mol. The van der Waals surface area contributed by atoms with Gasteiger partial charge in [-0.3, -0.25) is 10.1 Å². The van der Waals surface area contributed by atoms with Crippen molar-refractivity contribution in [2.45, 2.75) is 12.5 Å². The molecule has 1 aromatic carbocycles. The summed E-state index contributed by atoms with van der Waals surface area (Å²) in [5.41, 5.74) is 2.34. The van der Waals surface area contributed by atoms with Crippen LogP contribution in [-0.2, 0) is 11.2 Å². The molecule has 0 bridgehead atoms. The number of carboxylic acid groups (broad SMARTS) is 1. The maximum Gasteiger partial charge on any atom is 0.326 e. The van der Waals surface area contributed by atoms with E-state index in [2.05, 4.69) is 10.3 Å². The Kier molecular flexibility index (Phi) is 2.09. The molecule has 1 aromatic heterocycles. The molecule has 2 aromatic rings. The van der Waals surface area contributed by atoms with Crippen LogP contribution in [0.2, 0.25) is 0 Å². The lowest BCUT2D eigenvalue weighted by atomic mass is 9.99. The number of benzene rings is 1. The van der Waals surface area contributed by atoms with Gasteiger partial charge in [0, 0.05) is 23.1 Å². The molecule has 0 fully saturated rings. The molecule has 88 valence electrons. The third kappa shape index (κ3) is 1.39. The Hall–Kier alpha value is -2.01. The van der Waals surface area contributed by atoms with Gasteiger partial charge in [0.2, 0.25) is 0 Å². The van der Waals surface area contributed by atoms with Crippen molar-refractivity contribution in [1.82, 2.24) is 10.3 Å². The summed E-state index contributed by atoms with van der Waals surface area (Å²) in [6, 6.07) is 4.48. The van der Waals surface area contributed by atoms with Crippen LogP contribution < -0.4 is 5.32 Å². The number of H-pyrrole nitrogens is 1. The van der Waals surface area contributed by atoms with Crippen molar-refractivity contribution in [3.8, 4) is 5.75 Å². The zero-order chi connectivity index (χ0) is 12.0. The van der Waals surface area contributed by atoms with Gasteiger partial charge in [-0.05, 0) is 24.1 Å². The first-order valence-electron chi connectivity index (χ1n) is 5.47. The summed E-state index contributed by atoms with van der Waals surface area (Å²) < 4.78 is 0. The molecule has 2 heterocycles. The van der Waals surface area contributed by atoms with Crippen molar-refractivity contribution in [1.29, 1.82) is 0 Å². The van der Waals surface area contributed by atoms with Gasteiger partial charge < -0.3 is 15.2 Å². The molecule has 0 spiro atoms. The molecule has 0 saturated carbocycles. The van der Waals surface area contributed by atoms with E-state index in [0.29, 0.717) is 12.2 Å². The van der Waals surface area contributed by atoms with Crippen LogP contribution in [0.5, 0.6) is 5.75 Å². The smallest absolute Gasteiger partial charge is 0.326 e. The van der Waals surface area contributed by atoms with Crippen molar-refractivity contribution >= 4 is 16.9 Å². The first-order chi connectivity index (χ1) is 8.18. The Morgan fingerprint density at radius 2 is 2.24 bits per heavy atom. The highest BCUT2D eigenvalue weighted by Crippen LogP contribution is 2.34. The first-order valence-corrected chi connectivity index (χ1v) is 5.47. The van der Waals surface area contributed by atoms with Gasteiger partial charge in [0.05, 0.1) is 0 Å². The first kappa shape index (κ1) is 10.2. The number of carboxylic acids is 1. The van der Waals surface area contributed by atoms with E-state index in [1.807, 2.05) is 6.07 Å². The summed E-state index contributed by atoms with van der Waals surface area (Å²) in [6.45, 7) is 0.602. The number of hydrogen-bond acceptors (Lipinski definition) is 3. The number of aromatic nitrogens is 1. The number of aromatic amines is 1. The van der Waals surface area contributed by atoms with Crippen LogP contribution in [0.25, 0.3) is 10.9 Å². The van der Waals surface area contributed by atoms with Gasteiger partial charge in [-0.25, -0.2) is 0 Å². The van der Waals surface area contributed by atoms with E-state index in [1.54, 1.807) is 12.1 Å². The molecule has 0 amide bonds. The number of phenols is 1. The van der Waals surface area contributed by atoms with Gasteiger partial charge in [0.15, 0.2) is 0 Å². The molecule has 0 radical (unpaired) electrons. The molecule has 5 nitrogen and oxygen atoms in total. The SMILES string of the molecule is O=C(O)C1NCCc2c1[nH]c1cccc(O)c21. The zero-order valence-corrected chi connectivity index (χ0v) is 9.03. The standard InChI is InChI=1S/C12H12N2O3/c15-8-3-1-2-7-9(8)6-4-5-13-11(12(16)17)10(6)14-7/h1-3,11,13-15H,4-5H2,(H,16,17). The van der Waals surface area contributed by atoms with Crippen molar-refractivity contribution in [3.05, 3.63) is 29.5 Å². The largest absolute Gasteiger partial charge is 0.507 e. The molecule has 17 heavy (non-hydrogen) atoms. The fraction of sp³-hybridized carbons (Fsp3) is 0.250. The van der Waals surface area contributed by atoms with E-state index < -0.39 is 12.0 Å². The van der Waals surface area contributed by atoms with E-state index >= 15 is 0 Å². The minimum absolute atomic E-state index is 0.200. The van der Waals surface area contributed by atoms with E-state index in [9.17, 15) is 9.90 Å². The number of phenolic OH excluding ortho intramolecular Hbond substituents is 1. The third-order valence-electron chi connectivity index (χ3n) is 3.20. The Labute approximate surface area is 97.1 Å². The fourth-order valence-electron chi connectivity index (χ4n) is 2.48. The van der Waals surface area contributed by atoms with Crippen LogP contribution >= 0.6 is 0 Å². The van der Waals surface area contributed by atoms with Crippen molar-refractivity contribution in [3.63, 3.8) is 0 Å². The fourth-order valence-corrected chi connectivity index (χ4v) is 2.48. The van der Waals surface area contributed by atoms with Crippen molar-refractivity contribution < 1.29 is 15.0 Å². The lowest BCUT2D eigenvalue weighted by molar-refractivity contribution is -0.139. The number of nitrogens with one attached hydrogen (secondary N) is 2. The van der Waals surface area contributed by atoms with Gasteiger partial charge in [-0.2, -0.15) is 0 Å². The molecule has 1 atom stereocenters. The normalized spacial score (nSPS) is 19.2. The topological polar surface area (TPSA) is 85.4 Å². The Bertz CT molecular complexity index is 603. The average Bonchev–Trinajstić information content (AvgIpc) is 2.67. The molecule has 1 aliphatic heterocycles. The lowest BCUT2D eigenvalue weighted by Crippen LogP contribution is -2.34. The van der Waals surface area contributed by atoms with Gasteiger partial charge >= 0.3 is 5.97 Å². The Balaban J connectivity index is 2.29. The van der Waals surface area contributed by atoms with Crippen LogP contribution in [0, 0.1) is 0 Å². The summed E-state index contributed by atoms with van der Waals surface area (Å²) >= 11 is 0. The second-order valence-corrected chi connectivity index (χ2v) is 4.19. The van der Waals surface area contributed by atoms with Crippen LogP contribution in [0.4, 0.5) is 0 Å². The average molecular weight is 232 g/mol. The second kappa shape index (κ2) is 3.49. The van der Waals surface area contributed by atoms with Gasteiger partial charge in [0.1, 0.15) is 11.8 Å². The summed E-state index contributed by atoms with van der Waals surface area (Å²) in [7, 11) is 0. The molecule has 1 unspecified atom stereocenters. The quantitative estimate of drug-likeness (QED) is 0.594. The van der Waals surface area contributed by atoms with E-state index in [-0.39, 0.29) is 5.75 Å². The highest BCUT2D eigenvalue weighted by atomic mass is 16.4. The number of aliphatic carboxylic acids is 1. The van der Waals surface area contributed by atoms with Crippen LogP contribution in [0.15, 0.2) is 18.2 Å². The monoisotopic (exact) mass is 232 g/mol. The highest BCUT2D eigenvalue weighted by molar-refractivity contribution is 5.92. The summed E-state index contributed by atoms with van der Waals surface area (Å²) in [5, 5.41) is 22.7. The molecule has 1 aliphatic rings. The van der Waals surface area contributed by atoms with Crippen LogP contribution in [0.1, 0.15) is 17.3 Å². The predicted molar refractivity (Wildman–Crippen MR) is 62.0 cm³/mol. The number of hydrogen-bond donors (Lipinski definition) is 4. The number of aromatic hydroxyl groups is 1. The minimum Gasteiger partial charge on any atom is -0.507 e. The molecule has 5 heteroatoms. The highest BCUT2D eigenvalue weighted by Gasteiger charge is 2.29. The molecule has 4 N–H and O–H groups in total. The summed E-state index contributed by atoms with van der Waals surface area (Å²) in [6.07, 6.45) is 0.719. The van der Waals surface area contributed by atoms with Crippen LogP contribution in [0.3, 0.4) is 0 Å². The van der Waals surface area contributed by atoms with Crippen molar-refractivity contribution in [2.24, 2.45) is 0 Å². The van der Waals surface area contributed by atoms with Gasteiger partial charge in [0.25, 0.3) is 0 Å². The number of carbonyl (C=O) groups is 1. The number of rotatable bonds is 1. The molecule has 3 rings (SSSR count). The molecule has 0 aliphatic carbocycles. The minimum atomic E-state index is -0.906. The molecular formula is C12H12N2O3. The molecule has 0 saturated heterocycles. The predicted octanol–water partition coefficient (Wildman–Crippen LogP) is 1.14. The van der Waals surface area contributed by atoms with Crippen molar-refractivity contribution in [2.75, 3.05) is 6.54 Å². The second-order valence-electron chi connectivity index (χ2n) is 4.19. The van der Waals surface area contributed by atoms with Gasteiger partial charge in [-0.1, -0.05) is 6.07 Å². The van der Waals surface area contributed by atoms with E-state index in [4.69, 9.17) is 5.11 Å². The van der Waals surface area contributed by atoms with Gasteiger partial charge in [-0.15, -0.1) is 0 Å². The maximum absolute atomic E-state index is 11.1. The van der Waals surface area contributed by atoms with Crippen LogP contribution in [-0.4, -0.2) is 27.7 Å². The lowest BCUT2D eigenvalue weighted by Gasteiger charge is -2.20. The third-order valence-corrected chi connectivity index (χ3v) is 3.20. The zero-order valence-electron chi connectivity index (χ0n) is 9.03. The van der Waals surface area contributed by atoms with E-state index in [1.165, 1.54) is 0 Å². The maximum atomic E-state index is 11.1.